The summed E-state index contributed by atoms with van der Waals surface area (Å²) in [7, 11) is 1.82. The fraction of sp³-hybridized carbons (Fsp3) is 0.143. The largest absolute Gasteiger partial charge is 0.478 e. The molecular formula is C14H13ClN2O2. The van der Waals surface area contributed by atoms with E-state index in [-0.39, 0.29) is 5.56 Å². The van der Waals surface area contributed by atoms with E-state index in [1.54, 1.807) is 12.3 Å². The third-order valence-corrected chi connectivity index (χ3v) is 3.17. The first-order valence-corrected chi connectivity index (χ1v) is 6.09. The van der Waals surface area contributed by atoms with Crippen molar-refractivity contribution in [2.24, 2.45) is 0 Å². The van der Waals surface area contributed by atoms with Crippen LogP contribution in [-0.2, 0) is 6.54 Å². The van der Waals surface area contributed by atoms with E-state index in [0.29, 0.717) is 17.3 Å². The second-order valence-electron chi connectivity index (χ2n) is 4.15. The average molecular weight is 277 g/mol. The molecule has 1 aromatic heterocycles. The number of nitrogens with zero attached hydrogens (tertiary/aromatic N) is 2. The number of hydrogen-bond donors (Lipinski definition) is 1. The second-order valence-corrected chi connectivity index (χ2v) is 4.55. The molecule has 0 bridgehead atoms. The van der Waals surface area contributed by atoms with E-state index in [1.165, 1.54) is 6.20 Å². The summed E-state index contributed by atoms with van der Waals surface area (Å²) in [5.41, 5.74) is 1.74. The number of carboxylic acids is 1. The second kappa shape index (κ2) is 5.71. The summed E-state index contributed by atoms with van der Waals surface area (Å²) in [5.74, 6) is -0.992. The van der Waals surface area contributed by atoms with Gasteiger partial charge >= 0.3 is 5.97 Å². The SMILES string of the molecule is CN(Cc1ccccc1Cl)c1ccncc1C(=O)O. The topological polar surface area (TPSA) is 53.4 Å². The van der Waals surface area contributed by atoms with E-state index in [0.717, 1.165) is 5.56 Å². The average Bonchev–Trinajstić information content (AvgIpc) is 2.41. The third kappa shape index (κ3) is 3.03. The van der Waals surface area contributed by atoms with Crippen LogP contribution in [0, 0.1) is 0 Å². The van der Waals surface area contributed by atoms with Crippen molar-refractivity contribution in [1.29, 1.82) is 0 Å². The Balaban J connectivity index is 2.28. The molecule has 0 saturated heterocycles. The third-order valence-electron chi connectivity index (χ3n) is 2.81. The summed E-state index contributed by atoms with van der Waals surface area (Å²) < 4.78 is 0. The predicted molar refractivity (Wildman–Crippen MR) is 74.8 cm³/mol. The minimum Gasteiger partial charge on any atom is -0.478 e. The Morgan fingerprint density at radius 2 is 2.11 bits per heavy atom. The highest BCUT2D eigenvalue weighted by molar-refractivity contribution is 6.31. The van der Waals surface area contributed by atoms with Gasteiger partial charge in [0.05, 0.1) is 5.69 Å². The smallest absolute Gasteiger partial charge is 0.339 e. The Labute approximate surface area is 116 Å². The molecule has 1 heterocycles. The number of anilines is 1. The van der Waals surface area contributed by atoms with Gasteiger partial charge in [-0.05, 0) is 17.7 Å². The van der Waals surface area contributed by atoms with Crippen LogP contribution in [0.2, 0.25) is 5.02 Å². The molecular weight excluding hydrogens is 264 g/mol. The first-order valence-electron chi connectivity index (χ1n) is 5.71. The van der Waals surface area contributed by atoms with Gasteiger partial charge in [0, 0.05) is 31.0 Å². The fourth-order valence-corrected chi connectivity index (χ4v) is 2.05. The summed E-state index contributed by atoms with van der Waals surface area (Å²) in [6, 6.07) is 9.18. The van der Waals surface area contributed by atoms with E-state index < -0.39 is 5.97 Å². The molecule has 0 atom stereocenters. The van der Waals surface area contributed by atoms with Gasteiger partial charge in [-0.3, -0.25) is 4.98 Å². The van der Waals surface area contributed by atoms with Gasteiger partial charge < -0.3 is 10.0 Å². The molecule has 0 saturated carbocycles. The van der Waals surface area contributed by atoms with Gasteiger partial charge in [0.1, 0.15) is 5.56 Å². The number of carbonyl (C=O) groups is 1. The van der Waals surface area contributed by atoms with Crippen LogP contribution in [0.5, 0.6) is 0 Å². The van der Waals surface area contributed by atoms with Crippen molar-refractivity contribution in [3.63, 3.8) is 0 Å². The molecule has 0 aliphatic heterocycles. The van der Waals surface area contributed by atoms with Gasteiger partial charge in [-0.15, -0.1) is 0 Å². The molecule has 2 aromatic rings. The van der Waals surface area contributed by atoms with Crippen LogP contribution in [-0.4, -0.2) is 23.1 Å². The molecule has 1 N–H and O–H groups in total. The van der Waals surface area contributed by atoms with Crippen LogP contribution >= 0.6 is 11.6 Å². The van der Waals surface area contributed by atoms with E-state index in [4.69, 9.17) is 16.7 Å². The molecule has 0 aliphatic carbocycles. The van der Waals surface area contributed by atoms with Crippen LogP contribution in [0.3, 0.4) is 0 Å². The molecule has 0 amide bonds. The predicted octanol–water partition coefficient (Wildman–Crippen LogP) is 3.07. The van der Waals surface area contributed by atoms with Gasteiger partial charge in [-0.2, -0.15) is 0 Å². The number of pyridine rings is 1. The van der Waals surface area contributed by atoms with Crippen LogP contribution in [0.4, 0.5) is 5.69 Å². The van der Waals surface area contributed by atoms with Crippen LogP contribution < -0.4 is 4.90 Å². The maximum Gasteiger partial charge on any atom is 0.339 e. The zero-order chi connectivity index (χ0) is 13.8. The maximum absolute atomic E-state index is 11.2. The van der Waals surface area contributed by atoms with Crippen molar-refractivity contribution in [3.05, 3.63) is 58.9 Å². The lowest BCUT2D eigenvalue weighted by atomic mass is 10.1. The minimum atomic E-state index is -0.992. The fourth-order valence-electron chi connectivity index (χ4n) is 1.85. The summed E-state index contributed by atoms with van der Waals surface area (Å²) >= 11 is 6.10. The Hall–Kier alpha value is -2.07. The number of hydrogen-bond acceptors (Lipinski definition) is 3. The highest BCUT2D eigenvalue weighted by Crippen LogP contribution is 2.23. The molecule has 5 heteroatoms. The molecule has 0 aliphatic rings. The van der Waals surface area contributed by atoms with Crippen molar-refractivity contribution in [2.75, 3.05) is 11.9 Å². The first kappa shape index (κ1) is 13.4. The molecule has 98 valence electrons. The lowest BCUT2D eigenvalue weighted by Crippen LogP contribution is -2.19. The van der Waals surface area contributed by atoms with Gasteiger partial charge in [-0.25, -0.2) is 4.79 Å². The van der Waals surface area contributed by atoms with E-state index >= 15 is 0 Å². The van der Waals surface area contributed by atoms with Gasteiger partial charge in [-0.1, -0.05) is 29.8 Å². The number of benzene rings is 1. The Morgan fingerprint density at radius 3 is 2.79 bits per heavy atom. The van der Waals surface area contributed by atoms with Gasteiger partial charge in [0.2, 0.25) is 0 Å². The molecule has 0 fully saturated rings. The molecule has 4 nitrogen and oxygen atoms in total. The monoisotopic (exact) mass is 276 g/mol. The van der Waals surface area contributed by atoms with Crippen LogP contribution in [0.1, 0.15) is 15.9 Å². The van der Waals surface area contributed by atoms with Crippen molar-refractivity contribution in [1.82, 2.24) is 4.98 Å². The van der Waals surface area contributed by atoms with Crippen molar-refractivity contribution >= 4 is 23.3 Å². The highest BCUT2D eigenvalue weighted by atomic mass is 35.5. The number of carboxylic acid groups (broad SMARTS) is 1. The van der Waals surface area contributed by atoms with Crippen molar-refractivity contribution < 1.29 is 9.90 Å². The summed E-state index contributed by atoms with van der Waals surface area (Å²) in [6.45, 7) is 0.532. The lowest BCUT2D eigenvalue weighted by Gasteiger charge is -2.21. The molecule has 0 unspecified atom stereocenters. The standard InChI is InChI=1S/C14H13ClN2O2/c1-17(9-10-4-2-3-5-12(10)15)13-6-7-16-8-11(13)14(18)19/h2-8H,9H2,1H3,(H,18,19). The van der Waals surface area contributed by atoms with E-state index in [2.05, 4.69) is 4.98 Å². The number of halogens is 1. The number of aromatic nitrogens is 1. The first-order chi connectivity index (χ1) is 9.09. The Morgan fingerprint density at radius 1 is 1.37 bits per heavy atom. The highest BCUT2D eigenvalue weighted by Gasteiger charge is 2.14. The van der Waals surface area contributed by atoms with Crippen LogP contribution in [0.15, 0.2) is 42.7 Å². The Bertz CT molecular complexity index is 602. The number of aromatic carboxylic acids is 1. The zero-order valence-corrected chi connectivity index (χ0v) is 11.1. The molecule has 0 spiro atoms. The molecule has 2 rings (SSSR count). The molecule has 19 heavy (non-hydrogen) atoms. The normalized spacial score (nSPS) is 10.2. The van der Waals surface area contributed by atoms with Crippen molar-refractivity contribution in [3.8, 4) is 0 Å². The Kier molecular flexibility index (Phi) is 4.02. The maximum atomic E-state index is 11.2. The van der Waals surface area contributed by atoms with Crippen LogP contribution in [0.25, 0.3) is 0 Å². The minimum absolute atomic E-state index is 0.178. The van der Waals surface area contributed by atoms with Crippen molar-refractivity contribution in [2.45, 2.75) is 6.54 Å². The molecule has 1 aromatic carbocycles. The summed E-state index contributed by atoms with van der Waals surface area (Å²) in [5, 5.41) is 9.81. The summed E-state index contributed by atoms with van der Waals surface area (Å²) in [4.78, 5) is 16.8. The van der Waals surface area contributed by atoms with E-state index in [1.807, 2.05) is 36.2 Å². The van der Waals surface area contributed by atoms with Gasteiger partial charge in [0.25, 0.3) is 0 Å². The van der Waals surface area contributed by atoms with Gasteiger partial charge in [0.15, 0.2) is 0 Å². The zero-order valence-electron chi connectivity index (χ0n) is 10.4. The lowest BCUT2D eigenvalue weighted by molar-refractivity contribution is 0.0697. The number of rotatable bonds is 4. The molecule has 0 radical (unpaired) electrons. The quantitative estimate of drug-likeness (QED) is 0.932. The van der Waals surface area contributed by atoms with E-state index in [9.17, 15) is 4.79 Å². The summed E-state index contributed by atoms with van der Waals surface area (Å²) in [6.07, 6.45) is 2.92.